The summed E-state index contributed by atoms with van der Waals surface area (Å²) in [5, 5.41) is 3.86. The Labute approximate surface area is 178 Å². The maximum atomic E-state index is 13.2. The Balaban J connectivity index is 1.63. The fraction of sp³-hybridized carbons (Fsp3) is 0.571. The van der Waals surface area contributed by atoms with Gasteiger partial charge in [0.05, 0.1) is 13.2 Å². The molecule has 0 spiro atoms. The molecule has 0 atom stereocenters. The van der Waals surface area contributed by atoms with E-state index in [1.165, 1.54) is 6.42 Å². The minimum atomic E-state index is -0.274. The van der Waals surface area contributed by atoms with Crippen molar-refractivity contribution in [2.75, 3.05) is 32.8 Å². The topological polar surface area (TPSA) is 76.5 Å². The Morgan fingerprint density at radius 3 is 2.69 bits per heavy atom. The molecule has 1 saturated heterocycles. The zero-order valence-corrected chi connectivity index (χ0v) is 18.1. The summed E-state index contributed by atoms with van der Waals surface area (Å²) in [6, 6.07) is 3.75. The second-order valence-electron chi connectivity index (χ2n) is 7.84. The average Bonchev–Trinajstić information content (AvgIpc) is 2.74. The number of aromatic nitrogens is 2. The number of hydrogen-bond donors (Lipinski definition) is 1. The van der Waals surface area contributed by atoms with E-state index >= 15 is 0 Å². The number of amides is 1. The molecule has 0 radical (unpaired) electrons. The van der Waals surface area contributed by atoms with E-state index in [-0.39, 0.29) is 23.1 Å². The van der Waals surface area contributed by atoms with Gasteiger partial charge in [0.2, 0.25) is 0 Å². The van der Waals surface area contributed by atoms with Gasteiger partial charge in [-0.1, -0.05) is 19.3 Å². The summed E-state index contributed by atoms with van der Waals surface area (Å²) in [5.74, 6) is -0.274. The third kappa shape index (κ3) is 4.87. The van der Waals surface area contributed by atoms with Gasteiger partial charge in [0.25, 0.3) is 11.5 Å². The number of carbonyl (C=O) groups is 1. The van der Waals surface area contributed by atoms with Gasteiger partial charge in [-0.3, -0.25) is 19.1 Å². The van der Waals surface area contributed by atoms with Crippen LogP contribution in [0.5, 0.6) is 0 Å². The smallest absolute Gasteiger partial charge is 0.265 e. The summed E-state index contributed by atoms with van der Waals surface area (Å²) in [6.45, 7) is 4.36. The predicted octanol–water partition coefficient (Wildman–Crippen LogP) is 2.55. The van der Waals surface area contributed by atoms with Crippen LogP contribution in [0.2, 0.25) is 0 Å². The van der Waals surface area contributed by atoms with Crippen LogP contribution in [0.1, 0.15) is 42.5 Å². The van der Waals surface area contributed by atoms with Crippen molar-refractivity contribution >= 4 is 32.9 Å². The third-order valence-corrected chi connectivity index (χ3v) is 6.26. The van der Waals surface area contributed by atoms with Crippen LogP contribution in [0.25, 0.3) is 11.0 Å². The molecule has 2 aromatic rings. The molecule has 156 valence electrons. The van der Waals surface area contributed by atoms with Crippen molar-refractivity contribution < 1.29 is 9.53 Å². The first-order chi connectivity index (χ1) is 14.1. The number of halogens is 1. The SMILES string of the molecule is O=C(NC1CCCCC1)c1cc2cc(Br)cnc2n(CCN2CCOCC2)c1=O. The molecule has 0 bridgehead atoms. The molecule has 1 saturated carbocycles. The molecule has 3 heterocycles. The quantitative estimate of drug-likeness (QED) is 0.738. The normalized spacial score (nSPS) is 18.8. The van der Waals surface area contributed by atoms with Gasteiger partial charge in [0.1, 0.15) is 11.2 Å². The lowest BCUT2D eigenvalue weighted by atomic mass is 9.95. The number of rotatable bonds is 5. The monoisotopic (exact) mass is 462 g/mol. The fourth-order valence-electron chi connectivity index (χ4n) is 4.18. The summed E-state index contributed by atoms with van der Waals surface area (Å²) in [4.78, 5) is 32.9. The molecular formula is C21H27BrN4O3. The Bertz CT molecular complexity index is 933. The Kier molecular flexibility index (Phi) is 6.62. The minimum absolute atomic E-state index is 0.161. The highest BCUT2D eigenvalue weighted by Crippen LogP contribution is 2.20. The molecule has 0 aromatic carbocycles. The van der Waals surface area contributed by atoms with Gasteiger partial charge in [-0.2, -0.15) is 0 Å². The summed E-state index contributed by atoms with van der Waals surface area (Å²) in [5.41, 5.74) is 0.541. The van der Waals surface area contributed by atoms with Gasteiger partial charge in [0.15, 0.2) is 0 Å². The van der Waals surface area contributed by atoms with Crippen molar-refractivity contribution in [2.24, 2.45) is 0 Å². The second kappa shape index (κ2) is 9.36. The molecule has 8 heteroatoms. The Hall–Kier alpha value is -1.77. The van der Waals surface area contributed by atoms with E-state index in [2.05, 4.69) is 31.1 Å². The number of ether oxygens (including phenoxy) is 1. The van der Waals surface area contributed by atoms with Crippen LogP contribution >= 0.6 is 15.9 Å². The lowest BCUT2D eigenvalue weighted by Gasteiger charge is -2.27. The van der Waals surface area contributed by atoms with Crippen molar-refractivity contribution in [3.63, 3.8) is 0 Å². The molecular weight excluding hydrogens is 436 g/mol. The molecule has 2 fully saturated rings. The molecule has 7 nitrogen and oxygen atoms in total. The third-order valence-electron chi connectivity index (χ3n) is 5.82. The highest BCUT2D eigenvalue weighted by atomic mass is 79.9. The van der Waals surface area contributed by atoms with Gasteiger partial charge in [-0.15, -0.1) is 0 Å². The first-order valence-corrected chi connectivity index (χ1v) is 11.2. The van der Waals surface area contributed by atoms with E-state index in [4.69, 9.17) is 4.74 Å². The van der Waals surface area contributed by atoms with Crippen molar-refractivity contribution in [1.29, 1.82) is 0 Å². The molecule has 1 N–H and O–H groups in total. The van der Waals surface area contributed by atoms with Crippen molar-refractivity contribution in [1.82, 2.24) is 19.8 Å². The average molecular weight is 463 g/mol. The Morgan fingerprint density at radius 2 is 1.93 bits per heavy atom. The fourth-order valence-corrected chi connectivity index (χ4v) is 4.53. The number of carbonyl (C=O) groups excluding carboxylic acids is 1. The maximum absolute atomic E-state index is 13.2. The van der Waals surface area contributed by atoms with Crippen molar-refractivity contribution in [2.45, 2.75) is 44.7 Å². The second-order valence-corrected chi connectivity index (χ2v) is 8.76. The summed E-state index contributed by atoms with van der Waals surface area (Å²) in [6.07, 6.45) is 7.13. The standard InChI is InChI=1S/C21H27BrN4O3/c22-16-12-15-13-18(20(27)24-17-4-2-1-3-5-17)21(28)26(19(15)23-14-16)7-6-25-8-10-29-11-9-25/h12-14,17H,1-11H2,(H,24,27). The molecule has 1 amide bonds. The predicted molar refractivity (Wildman–Crippen MR) is 115 cm³/mol. The number of hydrogen-bond acceptors (Lipinski definition) is 5. The number of morpholine rings is 1. The van der Waals surface area contributed by atoms with Crippen LogP contribution in [0.3, 0.4) is 0 Å². The van der Waals surface area contributed by atoms with E-state index in [0.717, 1.165) is 55.2 Å². The zero-order valence-electron chi connectivity index (χ0n) is 16.5. The van der Waals surface area contributed by atoms with Gasteiger partial charge in [0, 0.05) is 48.3 Å². The van der Waals surface area contributed by atoms with Gasteiger partial charge < -0.3 is 10.1 Å². The lowest BCUT2D eigenvalue weighted by molar-refractivity contribution is 0.0364. The van der Waals surface area contributed by atoms with Gasteiger partial charge >= 0.3 is 0 Å². The zero-order chi connectivity index (χ0) is 20.2. The molecule has 4 rings (SSSR count). The Morgan fingerprint density at radius 1 is 1.17 bits per heavy atom. The molecule has 1 aliphatic heterocycles. The molecule has 0 unspecified atom stereocenters. The van der Waals surface area contributed by atoms with E-state index < -0.39 is 0 Å². The van der Waals surface area contributed by atoms with E-state index in [1.807, 2.05) is 6.07 Å². The van der Waals surface area contributed by atoms with E-state index in [9.17, 15) is 9.59 Å². The highest BCUT2D eigenvalue weighted by molar-refractivity contribution is 9.10. The summed E-state index contributed by atoms with van der Waals surface area (Å²) < 4.78 is 7.87. The summed E-state index contributed by atoms with van der Waals surface area (Å²) >= 11 is 3.45. The summed E-state index contributed by atoms with van der Waals surface area (Å²) in [7, 11) is 0. The number of pyridine rings is 2. The maximum Gasteiger partial charge on any atom is 0.265 e. The van der Waals surface area contributed by atoms with E-state index in [0.29, 0.717) is 25.4 Å². The van der Waals surface area contributed by atoms with Crippen LogP contribution in [-0.4, -0.2) is 59.2 Å². The van der Waals surface area contributed by atoms with Crippen LogP contribution in [0.4, 0.5) is 0 Å². The first-order valence-electron chi connectivity index (χ1n) is 10.4. The highest BCUT2D eigenvalue weighted by Gasteiger charge is 2.21. The number of fused-ring (bicyclic) bond motifs is 1. The van der Waals surface area contributed by atoms with Gasteiger partial charge in [-0.05, 0) is 40.9 Å². The van der Waals surface area contributed by atoms with E-state index in [1.54, 1.807) is 16.8 Å². The van der Waals surface area contributed by atoms with Crippen molar-refractivity contribution in [3.05, 3.63) is 38.7 Å². The number of nitrogens with one attached hydrogen (secondary N) is 1. The van der Waals surface area contributed by atoms with Crippen LogP contribution in [-0.2, 0) is 11.3 Å². The minimum Gasteiger partial charge on any atom is -0.379 e. The van der Waals surface area contributed by atoms with Gasteiger partial charge in [-0.25, -0.2) is 4.98 Å². The molecule has 2 aliphatic rings. The lowest BCUT2D eigenvalue weighted by Crippen LogP contribution is -2.42. The molecule has 1 aliphatic carbocycles. The number of nitrogens with zero attached hydrogens (tertiary/aromatic N) is 3. The van der Waals surface area contributed by atoms with Crippen LogP contribution in [0, 0.1) is 0 Å². The molecule has 2 aromatic heterocycles. The largest absolute Gasteiger partial charge is 0.379 e. The van der Waals surface area contributed by atoms with Crippen LogP contribution in [0.15, 0.2) is 27.6 Å². The van der Waals surface area contributed by atoms with Crippen molar-refractivity contribution in [3.8, 4) is 0 Å². The molecule has 29 heavy (non-hydrogen) atoms. The first kappa shape index (κ1) is 20.5. The van der Waals surface area contributed by atoms with Crippen LogP contribution < -0.4 is 10.9 Å².